The normalized spacial score (nSPS) is 33.6. The van der Waals surface area contributed by atoms with Crippen LogP contribution in [0.4, 0.5) is 0 Å². The van der Waals surface area contributed by atoms with Gasteiger partial charge in [-0.25, -0.2) is 0 Å². The van der Waals surface area contributed by atoms with E-state index in [1.807, 2.05) is 0 Å². The lowest BCUT2D eigenvalue weighted by Gasteiger charge is -2.26. The number of hydrogen-bond donors (Lipinski definition) is 2. The van der Waals surface area contributed by atoms with E-state index < -0.39 is 16.8 Å². The molecule has 1 unspecified atom stereocenters. The minimum absolute atomic E-state index is 0.561. The van der Waals surface area contributed by atoms with Crippen LogP contribution in [0.1, 0.15) is 19.8 Å². The van der Waals surface area contributed by atoms with Gasteiger partial charge in [0.1, 0.15) is 5.25 Å². The molecule has 0 aromatic heterocycles. The van der Waals surface area contributed by atoms with Crippen molar-refractivity contribution in [2.75, 3.05) is 6.61 Å². The Morgan fingerprint density at radius 2 is 2.45 bits per heavy atom. The van der Waals surface area contributed by atoms with Crippen molar-refractivity contribution in [3.8, 4) is 0 Å². The van der Waals surface area contributed by atoms with Gasteiger partial charge in [-0.1, -0.05) is 0 Å². The Morgan fingerprint density at radius 1 is 1.82 bits per heavy atom. The van der Waals surface area contributed by atoms with Gasteiger partial charge in [0.2, 0.25) is 0 Å². The Bertz CT molecular complexity index is 163. The van der Waals surface area contributed by atoms with Crippen LogP contribution >= 0.6 is 12.6 Å². The van der Waals surface area contributed by atoms with E-state index in [2.05, 4.69) is 12.6 Å². The van der Waals surface area contributed by atoms with Crippen LogP contribution in [0.3, 0.4) is 0 Å². The average molecular weight is 176 g/mol. The van der Waals surface area contributed by atoms with Gasteiger partial charge in [-0.15, -0.1) is 0 Å². The third-order valence-electron chi connectivity index (χ3n) is 2.06. The zero-order valence-corrected chi connectivity index (χ0v) is 7.30. The Hall–Kier alpha value is -0.220. The van der Waals surface area contributed by atoms with E-state index in [4.69, 9.17) is 9.84 Å². The first-order valence-electron chi connectivity index (χ1n) is 3.61. The molecular formula is C7H12O3S. The van der Waals surface area contributed by atoms with Crippen LogP contribution in [0.2, 0.25) is 0 Å². The van der Waals surface area contributed by atoms with E-state index >= 15 is 0 Å². The zero-order valence-electron chi connectivity index (χ0n) is 6.41. The lowest BCUT2D eigenvalue weighted by Crippen LogP contribution is -2.40. The molecule has 1 rings (SSSR count). The quantitative estimate of drug-likeness (QED) is 0.615. The number of carboxylic acids is 1. The zero-order chi connectivity index (χ0) is 8.48. The second-order valence-corrected chi connectivity index (χ2v) is 3.52. The molecule has 64 valence electrons. The fourth-order valence-corrected chi connectivity index (χ4v) is 1.48. The summed E-state index contributed by atoms with van der Waals surface area (Å²) >= 11 is 3.98. The molecule has 11 heavy (non-hydrogen) atoms. The van der Waals surface area contributed by atoms with Gasteiger partial charge in [-0.2, -0.15) is 12.6 Å². The molecule has 1 aliphatic heterocycles. The van der Waals surface area contributed by atoms with Crippen molar-refractivity contribution in [2.24, 2.45) is 0 Å². The molecule has 1 aliphatic rings. The standard InChI is InChI=1S/C7H12O3S/c1-7(3-2-4-10-7)5(11)6(8)9/h5,11H,2-4H2,1H3,(H,8,9)/t5?,7-/m0/s1. The summed E-state index contributed by atoms with van der Waals surface area (Å²) in [5, 5.41) is 7.95. The molecule has 3 nitrogen and oxygen atoms in total. The highest BCUT2D eigenvalue weighted by atomic mass is 32.1. The molecular weight excluding hydrogens is 164 g/mol. The van der Waals surface area contributed by atoms with E-state index in [9.17, 15) is 4.79 Å². The van der Waals surface area contributed by atoms with Crippen LogP contribution in [-0.4, -0.2) is 28.5 Å². The highest BCUT2D eigenvalue weighted by Crippen LogP contribution is 2.31. The van der Waals surface area contributed by atoms with E-state index in [1.165, 1.54) is 0 Å². The summed E-state index contributed by atoms with van der Waals surface area (Å²) in [6, 6.07) is 0. The third kappa shape index (κ3) is 1.68. The van der Waals surface area contributed by atoms with Crippen LogP contribution in [0.15, 0.2) is 0 Å². The van der Waals surface area contributed by atoms with E-state index in [0.29, 0.717) is 6.61 Å². The Kier molecular flexibility index (Phi) is 2.44. The molecule has 1 N–H and O–H groups in total. The van der Waals surface area contributed by atoms with Crippen molar-refractivity contribution in [3.63, 3.8) is 0 Å². The monoisotopic (exact) mass is 176 g/mol. The largest absolute Gasteiger partial charge is 0.480 e. The van der Waals surface area contributed by atoms with E-state index in [1.54, 1.807) is 6.92 Å². The van der Waals surface area contributed by atoms with Gasteiger partial charge in [-0.05, 0) is 19.8 Å². The minimum Gasteiger partial charge on any atom is -0.480 e. The number of aliphatic carboxylic acids is 1. The molecule has 2 atom stereocenters. The van der Waals surface area contributed by atoms with Crippen molar-refractivity contribution in [2.45, 2.75) is 30.6 Å². The maximum atomic E-state index is 10.5. The Morgan fingerprint density at radius 3 is 2.82 bits per heavy atom. The molecule has 4 heteroatoms. The van der Waals surface area contributed by atoms with Gasteiger partial charge >= 0.3 is 5.97 Å². The van der Waals surface area contributed by atoms with Crippen LogP contribution < -0.4 is 0 Å². The molecule has 0 aromatic carbocycles. The summed E-state index contributed by atoms with van der Waals surface area (Å²) < 4.78 is 5.31. The van der Waals surface area contributed by atoms with Crippen molar-refractivity contribution in [3.05, 3.63) is 0 Å². The number of ether oxygens (including phenoxy) is 1. The first kappa shape index (κ1) is 8.87. The van der Waals surface area contributed by atoms with Crippen molar-refractivity contribution in [1.82, 2.24) is 0 Å². The summed E-state index contributed by atoms with van der Waals surface area (Å²) in [4.78, 5) is 10.5. The second kappa shape index (κ2) is 3.03. The molecule has 0 bridgehead atoms. The number of thiol groups is 1. The van der Waals surface area contributed by atoms with Gasteiger partial charge in [0.15, 0.2) is 0 Å². The SMILES string of the molecule is C[C@@]1(C(S)C(=O)O)CCCO1. The summed E-state index contributed by atoms with van der Waals surface area (Å²) in [5.41, 5.74) is -0.561. The molecule has 0 aliphatic carbocycles. The number of carbonyl (C=O) groups is 1. The Balaban J connectivity index is 2.63. The predicted molar refractivity (Wildman–Crippen MR) is 44.0 cm³/mol. The molecule has 0 amide bonds. The minimum atomic E-state index is -0.905. The van der Waals surface area contributed by atoms with Gasteiger partial charge in [0, 0.05) is 6.61 Å². The predicted octanol–water partition coefficient (Wildman–Crippen LogP) is 0.939. The first-order valence-corrected chi connectivity index (χ1v) is 4.13. The maximum absolute atomic E-state index is 10.5. The second-order valence-electron chi connectivity index (χ2n) is 3.01. The van der Waals surface area contributed by atoms with Crippen molar-refractivity contribution < 1.29 is 14.6 Å². The van der Waals surface area contributed by atoms with Gasteiger partial charge in [-0.3, -0.25) is 4.79 Å². The van der Waals surface area contributed by atoms with Crippen LogP contribution in [0.5, 0.6) is 0 Å². The van der Waals surface area contributed by atoms with Gasteiger partial charge in [0.05, 0.1) is 5.60 Å². The fraction of sp³-hybridized carbons (Fsp3) is 0.857. The smallest absolute Gasteiger partial charge is 0.319 e. The van der Waals surface area contributed by atoms with Gasteiger partial charge < -0.3 is 9.84 Å². The van der Waals surface area contributed by atoms with Gasteiger partial charge in [0.25, 0.3) is 0 Å². The lowest BCUT2D eigenvalue weighted by atomic mass is 9.98. The summed E-state index contributed by atoms with van der Waals surface area (Å²) in [5.74, 6) is -0.905. The highest BCUT2D eigenvalue weighted by Gasteiger charge is 2.40. The Labute approximate surface area is 71.1 Å². The molecule has 0 spiro atoms. The lowest BCUT2D eigenvalue weighted by molar-refractivity contribution is -0.141. The topological polar surface area (TPSA) is 46.5 Å². The molecule has 0 aromatic rings. The fourth-order valence-electron chi connectivity index (χ4n) is 1.28. The van der Waals surface area contributed by atoms with Crippen molar-refractivity contribution in [1.29, 1.82) is 0 Å². The first-order chi connectivity index (χ1) is 5.06. The van der Waals surface area contributed by atoms with E-state index in [0.717, 1.165) is 12.8 Å². The van der Waals surface area contributed by atoms with Crippen LogP contribution in [0, 0.1) is 0 Å². The van der Waals surface area contributed by atoms with E-state index in [-0.39, 0.29) is 0 Å². The molecule has 0 saturated carbocycles. The molecule has 0 radical (unpaired) electrons. The van der Waals surface area contributed by atoms with Crippen LogP contribution in [-0.2, 0) is 9.53 Å². The average Bonchev–Trinajstić information content (AvgIpc) is 2.35. The summed E-state index contributed by atoms with van der Waals surface area (Å²) in [7, 11) is 0. The van der Waals surface area contributed by atoms with Crippen molar-refractivity contribution >= 4 is 18.6 Å². The highest BCUT2D eigenvalue weighted by molar-refractivity contribution is 7.81. The number of carboxylic acid groups (broad SMARTS) is 1. The number of rotatable bonds is 2. The third-order valence-corrected chi connectivity index (χ3v) is 2.83. The number of hydrogen-bond acceptors (Lipinski definition) is 3. The summed E-state index contributed by atoms with van der Waals surface area (Å²) in [6.07, 6.45) is 1.72. The molecule has 1 fully saturated rings. The van der Waals surface area contributed by atoms with Crippen LogP contribution in [0.25, 0.3) is 0 Å². The maximum Gasteiger partial charge on any atom is 0.319 e. The summed E-state index contributed by atoms with van der Waals surface area (Å²) in [6.45, 7) is 2.45. The molecule has 1 saturated heterocycles. The molecule has 1 heterocycles.